The van der Waals surface area contributed by atoms with Crippen LogP contribution in [0.2, 0.25) is 0 Å². The van der Waals surface area contributed by atoms with Gasteiger partial charge in [0.2, 0.25) is 0 Å². The number of unbranched alkanes of at least 4 members (excludes halogenated alkanes) is 2. The third-order valence-corrected chi connectivity index (χ3v) is 8.31. The first-order valence-corrected chi connectivity index (χ1v) is 14.3. The van der Waals surface area contributed by atoms with Gasteiger partial charge in [0.05, 0.1) is 11.1 Å². The minimum Gasteiger partial charge on any atom is -0.362 e. The Morgan fingerprint density at radius 2 is 1.69 bits per heavy atom. The predicted octanol–water partition coefficient (Wildman–Crippen LogP) is 6.35. The maximum atomic E-state index is 12.3. The molecule has 6 nitrogen and oxygen atoms in total. The highest BCUT2D eigenvalue weighted by Crippen LogP contribution is 2.43. The summed E-state index contributed by atoms with van der Waals surface area (Å²) in [6.07, 6.45) is 6.45. The van der Waals surface area contributed by atoms with E-state index in [2.05, 4.69) is 34.5 Å². The minimum atomic E-state index is -4.08. The number of nitrogens with one attached hydrogen (secondary N) is 1. The molecule has 0 aromatic heterocycles. The van der Waals surface area contributed by atoms with Gasteiger partial charge in [-0.05, 0) is 68.4 Å². The van der Waals surface area contributed by atoms with Crippen molar-refractivity contribution in [2.45, 2.75) is 47.8 Å². The Bertz CT molecular complexity index is 1290. The Balaban J connectivity index is 1.25. The number of hydrogen-bond acceptors (Lipinski definition) is 7. The van der Waals surface area contributed by atoms with Crippen molar-refractivity contribution in [3.8, 4) is 0 Å². The smallest absolute Gasteiger partial charge is 0.341 e. The topological polar surface area (TPSA) is 75.7 Å². The van der Waals surface area contributed by atoms with E-state index in [9.17, 15) is 13.2 Å². The molecule has 0 saturated heterocycles. The molecule has 0 amide bonds. The summed E-state index contributed by atoms with van der Waals surface area (Å²) in [6, 6.07) is 24.6. The van der Waals surface area contributed by atoms with Gasteiger partial charge in [0.1, 0.15) is 4.90 Å². The summed E-state index contributed by atoms with van der Waals surface area (Å²) in [5.41, 5.74) is 3.18. The van der Waals surface area contributed by atoms with Gasteiger partial charge in [-0.25, -0.2) is 0 Å². The van der Waals surface area contributed by atoms with Crippen LogP contribution in [-0.2, 0) is 19.1 Å². The van der Waals surface area contributed by atoms with Crippen molar-refractivity contribution in [1.82, 2.24) is 0 Å². The molecule has 3 aromatic carbocycles. The lowest BCUT2D eigenvalue weighted by molar-refractivity contribution is -0.133. The fourth-order valence-electron chi connectivity index (χ4n) is 3.92. The molecule has 188 valence electrons. The monoisotopic (exact) mass is 522 g/mol. The average Bonchev–Trinajstić information content (AvgIpc) is 3.22. The highest BCUT2D eigenvalue weighted by molar-refractivity contribution is 8.00. The SMILES string of the molecule is Cc1ccc(S(=O)(=O)OC(=O)CCCCCN2c3ccccc3SC2C=CNc2ccccc2)cc1. The second kappa shape index (κ2) is 12.1. The number of anilines is 2. The molecule has 0 saturated carbocycles. The van der Waals surface area contributed by atoms with E-state index in [0.29, 0.717) is 6.42 Å². The summed E-state index contributed by atoms with van der Waals surface area (Å²) in [7, 11) is -4.08. The molecule has 1 atom stereocenters. The number of aryl methyl sites for hydroxylation is 1. The molecular weight excluding hydrogens is 492 g/mol. The van der Waals surface area contributed by atoms with E-state index in [1.54, 1.807) is 12.1 Å². The lowest BCUT2D eigenvalue weighted by Gasteiger charge is -2.24. The fraction of sp³-hybridized carbons (Fsp3) is 0.250. The molecular formula is C28H30N2O4S2. The molecule has 0 bridgehead atoms. The molecule has 1 aliphatic rings. The number of hydrogen-bond donors (Lipinski definition) is 1. The molecule has 1 aliphatic heterocycles. The van der Waals surface area contributed by atoms with Crippen molar-refractivity contribution in [2.24, 2.45) is 0 Å². The standard InChI is InChI=1S/C28H30N2O4S2/c1-22-15-17-24(18-16-22)36(32,33)34-28(31)14-6-3-9-21-30-25-12-7-8-13-26(25)35-27(30)19-20-29-23-10-4-2-5-11-23/h2,4-5,7-8,10-13,15-20,27,29H,3,6,9,14,21H2,1H3. The third-order valence-electron chi connectivity index (χ3n) is 5.81. The van der Waals surface area contributed by atoms with Crippen LogP contribution < -0.4 is 10.2 Å². The van der Waals surface area contributed by atoms with Crippen LogP contribution in [-0.4, -0.2) is 26.3 Å². The van der Waals surface area contributed by atoms with E-state index < -0.39 is 16.1 Å². The van der Waals surface area contributed by atoms with Crippen molar-refractivity contribution in [1.29, 1.82) is 0 Å². The first kappa shape index (κ1) is 25.9. The first-order chi connectivity index (χ1) is 17.4. The number of carbonyl (C=O) groups excluding carboxylic acids is 1. The lowest BCUT2D eigenvalue weighted by Crippen LogP contribution is -2.29. The first-order valence-electron chi connectivity index (χ1n) is 12.0. The summed E-state index contributed by atoms with van der Waals surface area (Å²) < 4.78 is 29.4. The molecule has 1 heterocycles. The Morgan fingerprint density at radius 3 is 2.47 bits per heavy atom. The number of carbonyl (C=O) groups is 1. The van der Waals surface area contributed by atoms with E-state index in [-0.39, 0.29) is 16.7 Å². The zero-order valence-corrected chi connectivity index (χ0v) is 21.8. The predicted molar refractivity (Wildman–Crippen MR) is 146 cm³/mol. The minimum absolute atomic E-state index is 0.00695. The van der Waals surface area contributed by atoms with Crippen molar-refractivity contribution in [3.05, 3.63) is 96.7 Å². The molecule has 4 rings (SSSR count). The Labute approximate surface area is 217 Å². The highest BCUT2D eigenvalue weighted by atomic mass is 32.2. The van der Waals surface area contributed by atoms with E-state index >= 15 is 0 Å². The molecule has 36 heavy (non-hydrogen) atoms. The number of thioether (sulfide) groups is 1. The Kier molecular flexibility index (Phi) is 8.72. The van der Waals surface area contributed by atoms with Crippen LogP contribution >= 0.6 is 11.8 Å². The van der Waals surface area contributed by atoms with Crippen LogP contribution in [0.15, 0.2) is 101 Å². The number of para-hydroxylation sites is 2. The van der Waals surface area contributed by atoms with Gasteiger partial charge in [0.25, 0.3) is 0 Å². The van der Waals surface area contributed by atoms with Crippen molar-refractivity contribution >= 4 is 39.2 Å². The normalized spacial score (nSPS) is 15.1. The molecule has 3 aromatic rings. The van der Waals surface area contributed by atoms with Gasteiger partial charge in [0, 0.05) is 23.5 Å². The van der Waals surface area contributed by atoms with E-state index in [1.165, 1.54) is 22.7 Å². The lowest BCUT2D eigenvalue weighted by atomic mass is 10.2. The highest BCUT2D eigenvalue weighted by Gasteiger charge is 2.27. The van der Waals surface area contributed by atoms with Gasteiger partial charge in [-0.1, -0.05) is 66.2 Å². The molecule has 0 radical (unpaired) electrons. The third kappa shape index (κ3) is 6.92. The van der Waals surface area contributed by atoms with Gasteiger partial charge >= 0.3 is 16.1 Å². The molecule has 8 heteroatoms. The number of benzene rings is 3. The van der Waals surface area contributed by atoms with Gasteiger partial charge in [-0.3, -0.25) is 4.79 Å². The van der Waals surface area contributed by atoms with E-state index in [0.717, 1.165) is 30.6 Å². The summed E-state index contributed by atoms with van der Waals surface area (Å²) in [5, 5.41) is 3.49. The van der Waals surface area contributed by atoms with Crippen LogP contribution in [0.3, 0.4) is 0 Å². The molecule has 0 fully saturated rings. The van der Waals surface area contributed by atoms with Gasteiger partial charge in [0.15, 0.2) is 0 Å². The molecule has 0 aliphatic carbocycles. The molecule has 0 spiro atoms. The maximum Gasteiger partial charge on any atom is 0.341 e. The van der Waals surface area contributed by atoms with E-state index in [1.807, 2.05) is 61.3 Å². The number of rotatable bonds is 11. The summed E-state index contributed by atoms with van der Waals surface area (Å²) >= 11 is 1.81. The zero-order chi connectivity index (χ0) is 25.4. The molecule has 1 N–H and O–H groups in total. The number of fused-ring (bicyclic) bond motifs is 1. The quantitative estimate of drug-likeness (QED) is 0.232. The second-order valence-electron chi connectivity index (χ2n) is 8.57. The van der Waals surface area contributed by atoms with Gasteiger partial charge < -0.3 is 14.4 Å². The average molecular weight is 523 g/mol. The van der Waals surface area contributed by atoms with Gasteiger partial charge in [-0.2, -0.15) is 8.42 Å². The van der Waals surface area contributed by atoms with E-state index in [4.69, 9.17) is 4.18 Å². The Morgan fingerprint density at radius 1 is 0.972 bits per heavy atom. The van der Waals surface area contributed by atoms with Crippen molar-refractivity contribution in [3.63, 3.8) is 0 Å². The van der Waals surface area contributed by atoms with Crippen LogP contribution in [0.1, 0.15) is 31.2 Å². The largest absolute Gasteiger partial charge is 0.362 e. The zero-order valence-electron chi connectivity index (χ0n) is 20.2. The Hall–Kier alpha value is -3.23. The fourth-order valence-corrected chi connectivity index (χ4v) is 6.04. The summed E-state index contributed by atoms with van der Waals surface area (Å²) in [6.45, 7) is 2.70. The van der Waals surface area contributed by atoms with Crippen LogP contribution in [0.4, 0.5) is 11.4 Å². The van der Waals surface area contributed by atoms with Crippen LogP contribution in [0.25, 0.3) is 0 Å². The van der Waals surface area contributed by atoms with Crippen LogP contribution in [0.5, 0.6) is 0 Å². The van der Waals surface area contributed by atoms with Gasteiger partial charge in [-0.15, -0.1) is 0 Å². The van der Waals surface area contributed by atoms with Crippen molar-refractivity contribution in [2.75, 3.05) is 16.8 Å². The summed E-state index contributed by atoms with van der Waals surface area (Å²) in [5.74, 6) is -0.717. The number of nitrogens with zero attached hydrogens (tertiary/aromatic N) is 1. The maximum absolute atomic E-state index is 12.3. The van der Waals surface area contributed by atoms with Crippen molar-refractivity contribution < 1.29 is 17.4 Å². The second-order valence-corrected chi connectivity index (χ2v) is 11.3. The summed E-state index contributed by atoms with van der Waals surface area (Å²) in [4.78, 5) is 15.7. The molecule has 1 unspecified atom stereocenters. The van der Waals surface area contributed by atoms with Crippen LogP contribution in [0, 0.1) is 6.92 Å².